The van der Waals surface area contributed by atoms with Crippen LogP contribution in [0.5, 0.6) is 0 Å². The van der Waals surface area contributed by atoms with Gasteiger partial charge in [0.05, 0.1) is 16.6 Å². The molecule has 7 aromatic carbocycles. The molecule has 9 aromatic rings. The van der Waals surface area contributed by atoms with Gasteiger partial charge in [0.1, 0.15) is 0 Å². The second kappa shape index (κ2) is 9.86. The third kappa shape index (κ3) is 3.89. The Balaban J connectivity index is 1.29. The van der Waals surface area contributed by atoms with Crippen LogP contribution in [0.15, 0.2) is 158 Å². The minimum absolute atomic E-state index is 1.02. The van der Waals surface area contributed by atoms with Gasteiger partial charge < -0.3 is 0 Å². The summed E-state index contributed by atoms with van der Waals surface area (Å²) in [5.41, 5.74) is 10.2. The van der Waals surface area contributed by atoms with Crippen molar-refractivity contribution >= 4 is 54.3 Å². The average Bonchev–Trinajstić information content (AvgIpc) is 3.10. The molecule has 2 aromatic heterocycles. The van der Waals surface area contributed by atoms with Crippen molar-refractivity contribution in [2.24, 2.45) is 0 Å². The topological polar surface area (TPSA) is 25.8 Å². The number of aromatic nitrogens is 2. The van der Waals surface area contributed by atoms with Gasteiger partial charge in [-0.2, -0.15) is 0 Å². The quantitative estimate of drug-likeness (QED) is 0.159. The fraction of sp³-hybridized carbons (Fsp3) is 0. The van der Waals surface area contributed by atoms with Gasteiger partial charge in [-0.15, -0.1) is 0 Å². The average molecular weight is 559 g/mol. The van der Waals surface area contributed by atoms with E-state index in [1.807, 2.05) is 12.3 Å². The van der Waals surface area contributed by atoms with Crippen LogP contribution in [0.4, 0.5) is 0 Å². The number of hydrogen-bond donors (Lipinski definition) is 0. The van der Waals surface area contributed by atoms with E-state index in [2.05, 4.69) is 146 Å². The Labute approximate surface area is 254 Å². The van der Waals surface area contributed by atoms with Crippen molar-refractivity contribution in [3.05, 3.63) is 158 Å². The van der Waals surface area contributed by atoms with Crippen LogP contribution in [0, 0.1) is 0 Å². The molecule has 44 heavy (non-hydrogen) atoms. The number of para-hydroxylation sites is 1. The maximum atomic E-state index is 5.36. The highest BCUT2D eigenvalue weighted by molar-refractivity contribution is 6.21. The Morgan fingerprint density at radius 2 is 0.886 bits per heavy atom. The summed E-state index contributed by atoms with van der Waals surface area (Å²) in [4.78, 5) is 10.1. The van der Waals surface area contributed by atoms with E-state index >= 15 is 0 Å². The molecule has 0 amide bonds. The SMILES string of the molecule is c1cc(-c2cccc(-c3cccc4cccnc34)c2)cc(-c2c3ccc4ccccc4c3nc3c2ccc2ccccc23)c1. The summed E-state index contributed by atoms with van der Waals surface area (Å²) in [6, 6.07) is 54.3. The highest BCUT2D eigenvalue weighted by Gasteiger charge is 2.16. The summed E-state index contributed by atoms with van der Waals surface area (Å²) in [5, 5.41) is 8.23. The van der Waals surface area contributed by atoms with Gasteiger partial charge in [0.15, 0.2) is 0 Å². The first-order valence-corrected chi connectivity index (χ1v) is 15.0. The van der Waals surface area contributed by atoms with E-state index in [4.69, 9.17) is 9.97 Å². The molecule has 2 heterocycles. The molecule has 0 aliphatic rings. The van der Waals surface area contributed by atoms with Crippen molar-refractivity contribution in [2.45, 2.75) is 0 Å². The van der Waals surface area contributed by atoms with Gasteiger partial charge in [0.25, 0.3) is 0 Å². The van der Waals surface area contributed by atoms with Crippen LogP contribution in [0.2, 0.25) is 0 Å². The van der Waals surface area contributed by atoms with Crippen LogP contribution in [-0.4, -0.2) is 9.97 Å². The third-order valence-corrected chi connectivity index (χ3v) is 8.85. The monoisotopic (exact) mass is 558 g/mol. The van der Waals surface area contributed by atoms with Crippen molar-refractivity contribution in [1.29, 1.82) is 0 Å². The molecule has 0 unspecified atom stereocenters. The van der Waals surface area contributed by atoms with E-state index in [-0.39, 0.29) is 0 Å². The lowest BCUT2D eigenvalue weighted by Gasteiger charge is -2.16. The lowest BCUT2D eigenvalue weighted by Crippen LogP contribution is -1.92. The molecule has 0 radical (unpaired) electrons. The molecule has 0 saturated heterocycles. The number of benzene rings is 7. The van der Waals surface area contributed by atoms with Gasteiger partial charge in [-0.1, -0.05) is 133 Å². The molecule has 0 bridgehead atoms. The van der Waals surface area contributed by atoms with Gasteiger partial charge in [-0.25, -0.2) is 4.98 Å². The maximum Gasteiger partial charge on any atom is 0.0794 e. The zero-order valence-corrected chi connectivity index (χ0v) is 23.9. The van der Waals surface area contributed by atoms with Gasteiger partial charge in [0.2, 0.25) is 0 Å². The lowest BCUT2D eigenvalue weighted by molar-refractivity contribution is 1.41. The summed E-state index contributed by atoms with van der Waals surface area (Å²) >= 11 is 0. The van der Waals surface area contributed by atoms with Crippen molar-refractivity contribution < 1.29 is 0 Å². The predicted octanol–water partition coefficient (Wildman–Crippen LogP) is 11.2. The van der Waals surface area contributed by atoms with Crippen LogP contribution in [0.3, 0.4) is 0 Å². The highest BCUT2D eigenvalue weighted by atomic mass is 14.7. The first kappa shape index (κ1) is 24.7. The second-order valence-corrected chi connectivity index (χ2v) is 11.4. The maximum absolute atomic E-state index is 5.36. The summed E-state index contributed by atoms with van der Waals surface area (Å²) in [5.74, 6) is 0. The number of hydrogen-bond acceptors (Lipinski definition) is 2. The summed E-state index contributed by atoms with van der Waals surface area (Å²) in [7, 11) is 0. The van der Waals surface area contributed by atoms with Crippen LogP contribution in [-0.2, 0) is 0 Å². The highest BCUT2D eigenvalue weighted by Crippen LogP contribution is 2.41. The van der Waals surface area contributed by atoms with Crippen molar-refractivity contribution in [2.75, 3.05) is 0 Å². The zero-order chi connectivity index (χ0) is 29.0. The molecule has 0 N–H and O–H groups in total. The molecule has 0 fully saturated rings. The third-order valence-electron chi connectivity index (χ3n) is 8.85. The first-order valence-electron chi connectivity index (χ1n) is 15.0. The Morgan fingerprint density at radius 1 is 0.341 bits per heavy atom. The normalized spacial score (nSPS) is 11.6. The van der Waals surface area contributed by atoms with E-state index in [0.717, 1.165) is 33.1 Å². The lowest BCUT2D eigenvalue weighted by atomic mass is 9.90. The van der Waals surface area contributed by atoms with E-state index in [0.29, 0.717) is 0 Å². The molecule has 0 saturated carbocycles. The van der Waals surface area contributed by atoms with Crippen molar-refractivity contribution in [3.63, 3.8) is 0 Å². The molecular weight excluding hydrogens is 532 g/mol. The molecule has 0 spiro atoms. The van der Waals surface area contributed by atoms with Gasteiger partial charge in [-0.3, -0.25) is 4.98 Å². The molecule has 0 aliphatic carbocycles. The minimum atomic E-state index is 1.02. The largest absolute Gasteiger partial charge is 0.256 e. The van der Waals surface area contributed by atoms with Crippen LogP contribution >= 0.6 is 0 Å². The van der Waals surface area contributed by atoms with Gasteiger partial charge >= 0.3 is 0 Å². The van der Waals surface area contributed by atoms with E-state index in [1.54, 1.807) is 0 Å². The molecule has 2 nitrogen and oxygen atoms in total. The zero-order valence-electron chi connectivity index (χ0n) is 23.9. The Kier molecular flexibility index (Phi) is 5.54. The van der Waals surface area contributed by atoms with E-state index in [1.165, 1.54) is 54.6 Å². The molecule has 9 rings (SSSR count). The Morgan fingerprint density at radius 3 is 1.59 bits per heavy atom. The Hall–Kier alpha value is -5.86. The first-order chi connectivity index (χ1) is 21.8. The Bertz CT molecular complexity index is 2460. The summed E-state index contributed by atoms with van der Waals surface area (Å²) in [6.45, 7) is 0. The predicted molar refractivity (Wildman–Crippen MR) is 186 cm³/mol. The van der Waals surface area contributed by atoms with E-state index in [9.17, 15) is 0 Å². The summed E-state index contributed by atoms with van der Waals surface area (Å²) in [6.07, 6.45) is 1.87. The summed E-state index contributed by atoms with van der Waals surface area (Å²) < 4.78 is 0. The molecule has 204 valence electrons. The van der Waals surface area contributed by atoms with Crippen LogP contribution in [0.25, 0.3) is 87.6 Å². The number of pyridine rings is 2. The number of rotatable bonds is 3. The van der Waals surface area contributed by atoms with Crippen LogP contribution < -0.4 is 0 Å². The van der Waals surface area contributed by atoms with Crippen molar-refractivity contribution in [1.82, 2.24) is 9.97 Å². The molecular formula is C42H26N2. The van der Waals surface area contributed by atoms with Crippen molar-refractivity contribution in [3.8, 4) is 33.4 Å². The molecule has 0 aliphatic heterocycles. The fourth-order valence-electron chi connectivity index (χ4n) is 6.78. The standard InChI is InChI=1S/C42H26N2/c1-3-17-34-27(9-1)20-22-37-39(38-23-21-28-10-2-4-18-35(28)42(38)44-41(34)37)33-15-6-13-31(26-33)30-12-5-14-32(25-30)36-19-7-11-29-16-8-24-43-40(29)36/h1-26H. The fourth-order valence-corrected chi connectivity index (χ4v) is 6.78. The van der Waals surface area contributed by atoms with Gasteiger partial charge in [0, 0.05) is 44.3 Å². The van der Waals surface area contributed by atoms with Gasteiger partial charge in [-0.05, 0) is 51.2 Å². The van der Waals surface area contributed by atoms with E-state index < -0.39 is 0 Å². The molecule has 2 heteroatoms. The number of nitrogens with zero attached hydrogens (tertiary/aromatic N) is 2. The second-order valence-electron chi connectivity index (χ2n) is 11.4. The minimum Gasteiger partial charge on any atom is -0.256 e. The molecule has 0 atom stereocenters. The van der Waals surface area contributed by atoms with Crippen LogP contribution in [0.1, 0.15) is 0 Å². The number of fused-ring (bicyclic) bond motifs is 7. The smallest absolute Gasteiger partial charge is 0.0794 e.